The molecule has 1 aliphatic heterocycles. The van der Waals surface area contributed by atoms with Gasteiger partial charge in [0.15, 0.2) is 0 Å². The van der Waals surface area contributed by atoms with Crippen LogP contribution in [0.15, 0.2) is 16.3 Å². The van der Waals surface area contributed by atoms with Crippen LogP contribution in [0, 0.1) is 5.92 Å². The standard InChI is InChI=1S/C12H20N2O2S2/c1-2-11-5-6-12(17-11)18(15,16)14-7-3-4-10(8-13)9-14/h5-6,10H,2-4,7-9,13H2,1H3. The van der Waals surface area contributed by atoms with Crippen LogP contribution < -0.4 is 5.73 Å². The molecular weight excluding hydrogens is 268 g/mol. The molecule has 1 unspecified atom stereocenters. The van der Waals surface area contributed by atoms with Gasteiger partial charge in [0, 0.05) is 18.0 Å². The van der Waals surface area contributed by atoms with Crippen molar-refractivity contribution in [1.29, 1.82) is 0 Å². The van der Waals surface area contributed by atoms with E-state index in [1.807, 2.05) is 13.0 Å². The Labute approximate surface area is 113 Å². The number of hydrogen-bond donors (Lipinski definition) is 1. The number of sulfonamides is 1. The van der Waals surface area contributed by atoms with Crippen LogP contribution in [0.3, 0.4) is 0 Å². The van der Waals surface area contributed by atoms with Gasteiger partial charge in [0.1, 0.15) is 4.21 Å². The van der Waals surface area contributed by atoms with Crippen molar-refractivity contribution in [3.8, 4) is 0 Å². The van der Waals surface area contributed by atoms with Crippen molar-refractivity contribution in [2.75, 3.05) is 19.6 Å². The average molecular weight is 288 g/mol. The second-order valence-corrected chi connectivity index (χ2v) is 8.01. The van der Waals surface area contributed by atoms with Gasteiger partial charge in [-0.2, -0.15) is 4.31 Å². The molecule has 2 N–H and O–H groups in total. The molecule has 0 bridgehead atoms. The highest BCUT2D eigenvalue weighted by Crippen LogP contribution is 2.28. The highest BCUT2D eigenvalue weighted by molar-refractivity contribution is 7.91. The lowest BCUT2D eigenvalue weighted by Crippen LogP contribution is -2.41. The fourth-order valence-corrected chi connectivity index (χ4v) is 5.26. The maximum atomic E-state index is 12.5. The zero-order chi connectivity index (χ0) is 13.2. The van der Waals surface area contributed by atoms with Crippen molar-refractivity contribution in [3.05, 3.63) is 17.0 Å². The molecule has 1 saturated heterocycles. The summed E-state index contributed by atoms with van der Waals surface area (Å²) in [7, 11) is -3.30. The molecule has 1 atom stereocenters. The van der Waals surface area contributed by atoms with E-state index in [1.54, 1.807) is 10.4 Å². The first-order chi connectivity index (χ1) is 8.57. The zero-order valence-electron chi connectivity index (χ0n) is 10.6. The van der Waals surface area contributed by atoms with Crippen LogP contribution in [-0.2, 0) is 16.4 Å². The van der Waals surface area contributed by atoms with Crippen LogP contribution >= 0.6 is 11.3 Å². The Kier molecular flexibility index (Phi) is 4.42. The smallest absolute Gasteiger partial charge is 0.252 e. The molecule has 0 saturated carbocycles. The van der Waals surface area contributed by atoms with E-state index in [0.717, 1.165) is 24.1 Å². The van der Waals surface area contributed by atoms with Gasteiger partial charge in [0.05, 0.1) is 0 Å². The lowest BCUT2D eigenvalue weighted by atomic mass is 10.0. The van der Waals surface area contributed by atoms with Crippen LogP contribution in [0.25, 0.3) is 0 Å². The molecule has 1 aliphatic rings. The van der Waals surface area contributed by atoms with Crippen LogP contribution in [0.1, 0.15) is 24.6 Å². The predicted octanol–water partition coefficient (Wildman–Crippen LogP) is 1.67. The molecule has 2 heterocycles. The number of nitrogens with zero attached hydrogens (tertiary/aromatic N) is 1. The monoisotopic (exact) mass is 288 g/mol. The van der Waals surface area contributed by atoms with E-state index >= 15 is 0 Å². The zero-order valence-corrected chi connectivity index (χ0v) is 12.3. The van der Waals surface area contributed by atoms with Crippen LogP contribution in [0.4, 0.5) is 0 Å². The van der Waals surface area contributed by atoms with Gasteiger partial charge >= 0.3 is 0 Å². The Bertz CT molecular complexity index is 496. The van der Waals surface area contributed by atoms with Crippen molar-refractivity contribution in [2.24, 2.45) is 11.7 Å². The van der Waals surface area contributed by atoms with Crippen molar-refractivity contribution in [1.82, 2.24) is 4.31 Å². The summed E-state index contributed by atoms with van der Waals surface area (Å²) in [6.45, 7) is 3.79. The van der Waals surface area contributed by atoms with Crippen molar-refractivity contribution < 1.29 is 8.42 Å². The second kappa shape index (κ2) is 5.69. The summed E-state index contributed by atoms with van der Waals surface area (Å²) in [5.41, 5.74) is 5.65. The van der Waals surface area contributed by atoms with E-state index in [2.05, 4.69) is 0 Å². The Morgan fingerprint density at radius 3 is 2.89 bits per heavy atom. The Hall–Kier alpha value is -0.430. The van der Waals surface area contributed by atoms with Crippen LogP contribution in [0.5, 0.6) is 0 Å². The minimum atomic E-state index is -3.30. The second-order valence-electron chi connectivity index (χ2n) is 4.68. The minimum Gasteiger partial charge on any atom is -0.330 e. The molecule has 1 fully saturated rings. The van der Waals surface area contributed by atoms with Gasteiger partial charge in [-0.3, -0.25) is 0 Å². The first-order valence-corrected chi connectivity index (χ1v) is 8.62. The summed E-state index contributed by atoms with van der Waals surface area (Å²) in [6, 6.07) is 3.63. The number of thiophene rings is 1. The van der Waals surface area contributed by atoms with Gasteiger partial charge in [0.2, 0.25) is 0 Å². The van der Waals surface area contributed by atoms with Crippen molar-refractivity contribution in [2.45, 2.75) is 30.4 Å². The highest BCUT2D eigenvalue weighted by atomic mass is 32.2. The molecular formula is C12H20N2O2S2. The average Bonchev–Trinajstić information content (AvgIpc) is 2.88. The maximum absolute atomic E-state index is 12.5. The molecule has 4 nitrogen and oxygen atoms in total. The molecule has 1 aromatic rings. The molecule has 0 aromatic carbocycles. The van der Waals surface area contributed by atoms with Gasteiger partial charge in [0.25, 0.3) is 10.0 Å². The first kappa shape index (κ1) is 14.0. The van der Waals surface area contributed by atoms with Gasteiger partial charge in [-0.25, -0.2) is 8.42 Å². The SMILES string of the molecule is CCc1ccc(S(=O)(=O)N2CCCC(CN)C2)s1. The highest BCUT2D eigenvalue weighted by Gasteiger charge is 2.30. The van der Waals surface area contributed by atoms with E-state index < -0.39 is 10.0 Å². The Morgan fingerprint density at radius 2 is 2.28 bits per heavy atom. The van der Waals surface area contributed by atoms with Gasteiger partial charge in [-0.1, -0.05) is 6.92 Å². The fourth-order valence-electron chi connectivity index (χ4n) is 2.25. The number of aryl methyl sites for hydroxylation is 1. The lowest BCUT2D eigenvalue weighted by Gasteiger charge is -2.30. The summed E-state index contributed by atoms with van der Waals surface area (Å²) in [5.74, 6) is 0.305. The molecule has 1 aromatic heterocycles. The summed E-state index contributed by atoms with van der Waals surface area (Å²) >= 11 is 1.38. The van der Waals surface area contributed by atoms with E-state index in [0.29, 0.717) is 29.8 Å². The van der Waals surface area contributed by atoms with Crippen molar-refractivity contribution in [3.63, 3.8) is 0 Å². The third-order valence-corrected chi connectivity index (χ3v) is 6.96. The topological polar surface area (TPSA) is 63.4 Å². The normalized spacial score (nSPS) is 22.2. The van der Waals surface area contributed by atoms with Gasteiger partial charge < -0.3 is 5.73 Å². The maximum Gasteiger partial charge on any atom is 0.252 e. The molecule has 0 spiro atoms. The fraction of sp³-hybridized carbons (Fsp3) is 0.667. The quantitative estimate of drug-likeness (QED) is 0.916. The van der Waals surface area contributed by atoms with Crippen molar-refractivity contribution >= 4 is 21.4 Å². The predicted molar refractivity (Wildman–Crippen MR) is 74.2 cm³/mol. The molecule has 18 heavy (non-hydrogen) atoms. The third kappa shape index (κ3) is 2.77. The first-order valence-electron chi connectivity index (χ1n) is 6.37. The number of nitrogens with two attached hydrogens (primary N) is 1. The molecule has 2 rings (SSSR count). The van der Waals surface area contributed by atoms with Gasteiger partial charge in [-0.05, 0) is 43.9 Å². The van der Waals surface area contributed by atoms with Gasteiger partial charge in [-0.15, -0.1) is 11.3 Å². The molecule has 0 aliphatic carbocycles. The third-order valence-electron chi connectivity index (χ3n) is 3.39. The molecule has 102 valence electrons. The summed E-state index contributed by atoms with van der Waals surface area (Å²) < 4.78 is 27.0. The minimum absolute atomic E-state index is 0.305. The molecule has 0 radical (unpaired) electrons. The number of rotatable bonds is 4. The Morgan fingerprint density at radius 1 is 1.50 bits per heavy atom. The van der Waals surface area contributed by atoms with E-state index in [-0.39, 0.29) is 0 Å². The Balaban J connectivity index is 2.19. The lowest BCUT2D eigenvalue weighted by molar-refractivity contribution is 0.272. The van der Waals surface area contributed by atoms with E-state index in [1.165, 1.54) is 11.3 Å². The number of piperidine rings is 1. The van der Waals surface area contributed by atoms with Crippen LogP contribution in [0.2, 0.25) is 0 Å². The largest absolute Gasteiger partial charge is 0.330 e. The summed E-state index contributed by atoms with van der Waals surface area (Å²) in [4.78, 5) is 1.11. The molecule has 0 amide bonds. The number of hydrogen-bond acceptors (Lipinski definition) is 4. The van der Waals surface area contributed by atoms with Crippen LogP contribution in [-0.4, -0.2) is 32.4 Å². The van der Waals surface area contributed by atoms with E-state index in [4.69, 9.17) is 5.73 Å². The molecule has 6 heteroatoms. The summed E-state index contributed by atoms with van der Waals surface area (Å²) in [5, 5.41) is 0. The van der Waals surface area contributed by atoms with E-state index in [9.17, 15) is 8.42 Å². The summed E-state index contributed by atoms with van der Waals surface area (Å²) in [6.07, 6.45) is 2.83.